The van der Waals surface area contributed by atoms with Crippen LogP contribution in [-0.2, 0) is 6.42 Å². The average molecular weight is 422 g/mol. The average Bonchev–Trinajstić information content (AvgIpc) is 2.83. The van der Waals surface area contributed by atoms with Crippen LogP contribution in [0.5, 0.6) is 5.75 Å². The summed E-state index contributed by atoms with van der Waals surface area (Å²) in [6.07, 6.45) is 19.9. The second-order valence-electron chi connectivity index (χ2n) is 9.55. The molecule has 1 saturated carbocycles. The first-order chi connectivity index (χ1) is 15.3. The zero-order valence-corrected chi connectivity index (χ0v) is 20.0. The summed E-state index contributed by atoms with van der Waals surface area (Å²) in [6, 6.07) is 13.1. The minimum Gasteiger partial charge on any atom is -0.492 e. The van der Waals surface area contributed by atoms with Crippen molar-refractivity contribution in [3.8, 4) is 17.0 Å². The number of hydrogen-bond donors (Lipinski definition) is 0. The van der Waals surface area contributed by atoms with E-state index >= 15 is 0 Å². The van der Waals surface area contributed by atoms with E-state index in [9.17, 15) is 0 Å². The van der Waals surface area contributed by atoms with Gasteiger partial charge in [0.1, 0.15) is 5.75 Å². The van der Waals surface area contributed by atoms with E-state index in [1.54, 1.807) is 0 Å². The zero-order valence-electron chi connectivity index (χ0n) is 20.0. The molecule has 2 heteroatoms. The van der Waals surface area contributed by atoms with Gasteiger partial charge in [-0.05, 0) is 48.8 Å². The Morgan fingerprint density at radius 2 is 1.48 bits per heavy atom. The molecule has 0 atom stereocenters. The van der Waals surface area contributed by atoms with Crippen molar-refractivity contribution in [2.75, 3.05) is 6.61 Å². The molecule has 170 valence electrons. The molecule has 0 saturated heterocycles. The summed E-state index contributed by atoms with van der Waals surface area (Å²) in [4.78, 5) is 4.57. The predicted molar refractivity (Wildman–Crippen MR) is 133 cm³/mol. The largest absolute Gasteiger partial charge is 0.492 e. The summed E-state index contributed by atoms with van der Waals surface area (Å²) in [6.45, 7) is 5.16. The fourth-order valence-electron chi connectivity index (χ4n) is 4.91. The van der Waals surface area contributed by atoms with Crippen LogP contribution in [0.2, 0.25) is 0 Å². The predicted octanol–water partition coefficient (Wildman–Crippen LogP) is 8.64. The van der Waals surface area contributed by atoms with Gasteiger partial charge in [0.2, 0.25) is 0 Å². The Balaban J connectivity index is 1.36. The Labute approximate surface area is 190 Å². The maximum absolute atomic E-state index is 5.63. The van der Waals surface area contributed by atoms with Crippen LogP contribution in [0.1, 0.15) is 96.5 Å². The van der Waals surface area contributed by atoms with Crippen molar-refractivity contribution in [3.63, 3.8) is 0 Å². The number of nitrogens with zero attached hydrogens (tertiary/aromatic N) is 1. The molecule has 0 N–H and O–H groups in total. The van der Waals surface area contributed by atoms with Crippen molar-refractivity contribution in [1.82, 2.24) is 4.98 Å². The standard InChI is InChI=1S/C29H43NO/c1-3-5-6-7-8-9-24-10-12-25(13-11-24)14-15-26-16-18-27(19-17-26)29-21-20-28(23-30-29)31-22-4-2/h16-21,23-25H,3-15,22H2,1-2H3. The molecule has 31 heavy (non-hydrogen) atoms. The Morgan fingerprint density at radius 3 is 2.13 bits per heavy atom. The molecule has 1 aliphatic carbocycles. The molecule has 0 amide bonds. The summed E-state index contributed by atoms with van der Waals surface area (Å²) in [5, 5.41) is 0. The lowest BCUT2D eigenvalue weighted by Crippen LogP contribution is -2.15. The smallest absolute Gasteiger partial charge is 0.137 e. The van der Waals surface area contributed by atoms with Crippen LogP contribution in [0.4, 0.5) is 0 Å². The number of pyridine rings is 1. The highest BCUT2D eigenvalue weighted by Gasteiger charge is 2.20. The van der Waals surface area contributed by atoms with E-state index in [-0.39, 0.29) is 0 Å². The highest BCUT2D eigenvalue weighted by atomic mass is 16.5. The van der Waals surface area contributed by atoms with Gasteiger partial charge in [-0.3, -0.25) is 4.98 Å². The van der Waals surface area contributed by atoms with Gasteiger partial charge < -0.3 is 4.74 Å². The molecule has 0 spiro atoms. The second-order valence-corrected chi connectivity index (χ2v) is 9.55. The molecule has 2 nitrogen and oxygen atoms in total. The molecular formula is C29H43NO. The number of benzene rings is 1. The van der Waals surface area contributed by atoms with Crippen molar-refractivity contribution in [3.05, 3.63) is 48.2 Å². The van der Waals surface area contributed by atoms with Gasteiger partial charge >= 0.3 is 0 Å². The lowest BCUT2D eigenvalue weighted by atomic mass is 9.77. The van der Waals surface area contributed by atoms with E-state index in [1.807, 2.05) is 12.3 Å². The van der Waals surface area contributed by atoms with Gasteiger partial charge in [0.15, 0.2) is 0 Å². The molecule has 0 unspecified atom stereocenters. The van der Waals surface area contributed by atoms with Gasteiger partial charge in [-0.25, -0.2) is 0 Å². The van der Waals surface area contributed by atoms with E-state index in [1.165, 1.54) is 88.2 Å². The monoisotopic (exact) mass is 421 g/mol. The molecule has 1 fully saturated rings. The lowest BCUT2D eigenvalue weighted by Gasteiger charge is -2.28. The first-order valence-corrected chi connectivity index (χ1v) is 13.0. The van der Waals surface area contributed by atoms with Crippen molar-refractivity contribution >= 4 is 0 Å². The highest BCUT2D eigenvalue weighted by Crippen LogP contribution is 2.34. The molecule has 2 aromatic rings. The SMILES string of the molecule is CCCCCCCC1CCC(CCc2ccc(-c3ccc(OCCC)cn3)cc2)CC1. The summed E-state index contributed by atoms with van der Waals surface area (Å²) >= 11 is 0. The van der Waals surface area contributed by atoms with E-state index < -0.39 is 0 Å². The van der Waals surface area contributed by atoms with Crippen LogP contribution in [0, 0.1) is 11.8 Å². The van der Waals surface area contributed by atoms with Crippen molar-refractivity contribution in [2.45, 2.75) is 97.3 Å². The maximum atomic E-state index is 5.63. The minimum absolute atomic E-state index is 0.746. The minimum atomic E-state index is 0.746. The van der Waals surface area contributed by atoms with Crippen molar-refractivity contribution in [2.24, 2.45) is 11.8 Å². The molecule has 0 bridgehead atoms. The van der Waals surface area contributed by atoms with Gasteiger partial charge in [0, 0.05) is 5.56 Å². The van der Waals surface area contributed by atoms with Crippen LogP contribution in [0.15, 0.2) is 42.6 Å². The third-order valence-corrected chi connectivity index (χ3v) is 6.98. The Hall–Kier alpha value is -1.83. The van der Waals surface area contributed by atoms with Crippen LogP contribution in [-0.4, -0.2) is 11.6 Å². The summed E-state index contributed by atoms with van der Waals surface area (Å²) in [5.41, 5.74) is 3.67. The topological polar surface area (TPSA) is 22.1 Å². The molecule has 0 radical (unpaired) electrons. The van der Waals surface area contributed by atoms with E-state index in [2.05, 4.69) is 49.2 Å². The molecule has 1 heterocycles. The maximum Gasteiger partial charge on any atom is 0.137 e. The molecule has 1 aromatic carbocycles. The fourth-order valence-corrected chi connectivity index (χ4v) is 4.91. The van der Waals surface area contributed by atoms with Gasteiger partial charge in [0.05, 0.1) is 18.5 Å². The lowest BCUT2D eigenvalue weighted by molar-refractivity contribution is 0.248. The van der Waals surface area contributed by atoms with Gasteiger partial charge in [0.25, 0.3) is 0 Å². The molecule has 1 aromatic heterocycles. The normalized spacial score (nSPS) is 18.8. The van der Waals surface area contributed by atoms with Gasteiger partial charge in [-0.1, -0.05) is 102 Å². The number of aromatic nitrogens is 1. The Kier molecular flexibility index (Phi) is 10.4. The van der Waals surface area contributed by atoms with Crippen LogP contribution >= 0.6 is 0 Å². The van der Waals surface area contributed by atoms with Crippen LogP contribution in [0.3, 0.4) is 0 Å². The summed E-state index contributed by atoms with van der Waals surface area (Å²) in [7, 11) is 0. The Morgan fingerprint density at radius 1 is 0.774 bits per heavy atom. The highest BCUT2D eigenvalue weighted by molar-refractivity contribution is 5.59. The van der Waals surface area contributed by atoms with Crippen molar-refractivity contribution in [1.29, 1.82) is 0 Å². The molecular weight excluding hydrogens is 378 g/mol. The third-order valence-electron chi connectivity index (χ3n) is 6.98. The van der Waals surface area contributed by atoms with Crippen LogP contribution < -0.4 is 4.74 Å². The molecule has 3 rings (SSSR count). The molecule has 0 aliphatic heterocycles. The van der Waals surface area contributed by atoms with E-state index in [0.29, 0.717) is 0 Å². The first kappa shape index (κ1) is 23.8. The van der Waals surface area contributed by atoms with Gasteiger partial charge in [-0.2, -0.15) is 0 Å². The number of ether oxygens (including phenoxy) is 1. The fraction of sp³-hybridized carbons (Fsp3) is 0.621. The zero-order chi connectivity index (χ0) is 21.7. The number of unbranched alkanes of at least 4 members (excludes halogenated alkanes) is 4. The third kappa shape index (κ3) is 8.31. The second kappa shape index (κ2) is 13.6. The Bertz CT molecular complexity index is 713. The van der Waals surface area contributed by atoms with E-state index in [0.717, 1.165) is 36.3 Å². The number of aryl methyl sites for hydroxylation is 1. The quantitative estimate of drug-likeness (QED) is 0.302. The summed E-state index contributed by atoms with van der Waals surface area (Å²) in [5.74, 6) is 2.81. The van der Waals surface area contributed by atoms with Crippen molar-refractivity contribution < 1.29 is 4.74 Å². The summed E-state index contributed by atoms with van der Waals surface area (Å²) < 4.78 is 5.63. The number of hydrogen-bond acceptors (Lipinski definition) is 2. The van der Waals surface area contributed by atoms with Gasteiger partial charge in [-0.15, -0.1) is 0 Å². The first-order valence-electron chi connectivity index (χ1n) is 13.0. The van der Waals surface area contributed by atoms with E-state index in [4.69, 9.17) is 4.74 Å². The number of rotatable bonds is 13. The van der Waals surface area contributed by atoms with Crippen LogP contribution in [0.25, 0.3) is 11.3 Å². The molecule has 1 aliphatic rings.